The van der Waals surface area contributed by atoms with Crippen molar-refractivity contribution in [1.29, 1.82) is 0 Å². The van der Waals surface area contributed by atoms with E-state index in [1.807, 2.05) is 32.0 Å². The molecule has 0 radical (unpaired) electrons. The summed E-state index contributed by atoms with van der Waals surface area (Å²) < 4.78 is 0. The van der Waals surface area contributed by atoms with Crippen LogP contribution in [-0.4, -0.2) is 19.0 Å². The predicted molar refractivity (Wildman–Crippen MR) is 67.4 cm³/mol. The van der Waals surface area contributed by atoms with Crippen molar-refractivity contribution in [1.82, 2.24) is 5.32 Å². The fourth-order valence-electron chi connectivity index (χ4n) is 1.35. The van der Waals surface area contributed by atoms with Gasteiger partial charge in [-0.1, -0.05) is 13.0 Å². The number of benzene rings is 1. The van der Waals surface area contributed by atoms with Gasteiger partial charge in [-0.2, -0.15) is 0 Å². The van der Waals surface area contributed by atoms with Gasteiger partial charge in [-0.15, -0.1) is 0 Å². The summed E-state index contributed by atoms with van der Waals surface area (Å²) in [5, 5.41) is 5.80. The van der Waals surface area contributed by atoms with Gasteiger partial charge in [-0.05, 0) is 31.0 Å². The fourth-order valence-corrected chi connectivity index (χ4v) is 1.35. The summed E-state index contributed by atoms with van der Waals surface area (Å²) in [6, 6.07) is 5.73. The smallest absolute Gasteiger partial charge is 0.239 e. The Labute approximate surface area is 96.2 Å². The number of nitrogens with one attached hydrogen (secondary N) is 2. The Kier molecular flexibility index (Phi) is 4.64. The zero-order valence-corrected chi connectivity index (χ0v) is 9.84. The maximum atomic E-state index is 11.3. The van der Waals surface area contributed by atoms with Gasteiger partial charge in [-0.3, -0.25) is 4.79 Å². The second-order valence-corrected chi connectivity index (χ2v) is 3.79. The monoisotopic (exact) mass is 221 g/mol. The Morgan fingerprint density at radius 3 is 2.81 bits per heavy atom. The Balaban J connectivity index is 2.45. The van der Waals surface area contributed by atoms with E-state index in [1.54, 1.807) is 0 Å². The van der Waals surface area contributed by atoms with Crippen LogP contribution in [-0.2, 0) is 4.79 Å². The summed E-state index contributed by atoms with van der Waals surface area (Å²) in [6.07, 6.45) is 0.943. The molecule has 4 nitrogen and oxygen atoms in total. The normalized spacial score (nSPS) is 9.88. The van der Waals surface area contributed by atoms with Gasteiger partial charge in [0.25, 0.3) is 0 Å². The first-order valence-corrected chi connectivity index (χ1v) is 5.50. The largest absolute Gasteiger partial charge is 0.397 e. The minimum absolute atomic E-state index is 0.0122. The molecule has 0 heterocycles. The zero-order valence-electron chi connectivity index (χ0n) is 9.84. The second-order valence-electron chi connectivity index (χ2n) is 3.79. The average Bonchev–Trinajstić information content (AvgIpc) is 2.25. The van der Waals surface area contributed by atoms with Crippen LogP contribution in [0, 0.1) is 6.92 Å². The van der Waals surface area contributed by atoms with Crippen LogP contribution in [0.4, 0.5) is 11.4 Å². The van der Waals surface area contributed by atoms with Crippen LogP contribution >= 0.6 is 0 Å². The molecular formula is C12H19N3O. The summed E-state index contributed by atoms with van der Waals surface area (Å²) in [6.45, 7) is 4.97. The van der Waals surface area contributed by atoms with Gasteiger partial charge < -0.3 is 16.4 Å². The average molecular weight is 221 g/mol. The molecule has 0 aliphatic rings. The number of nitrogen functional groups attached to an aromatic ring is 1. The molecule has 0 bridgehead atoms. The summed E-state index contributed by atoms with van der Waals surface area (Å²) in [5.41, 5.74) is 8.40. The zero-order chi connectivity index (χ0) is 12.0. The van der Waals surface area contributed by atoms with Gasteiger partial charge in [0.2, 0.25) is 5.91 Å². The van der Waals surface area contributed by atoms with Crippen LogP contribution in [0.2, 0.25) is 0 Å². The molecule has 0 aliphatic heterocycles. The molecule has 1 aromatic carbocycles. The number of carbonyl (C=O) groups is 1. The molecule has 0 saturated heterocycles. The van der Waals surface area contributed by atoms with Crippen molar-refractivity contribution in [3.05, 3.63) is 23.8 Å². The lowest BCUT2D eigenvalue weighted by Gasteiger charge is -2.09. The Hall–Kier alpha value is -1.71. The van der Waals surface area contributed by atoms with E-state index in [1.165, 1.54) is 0 Å². The molecule has 0 spiro atoms. The van der Waals surface area contributed by atoms with Crippen LogP contribution in [0.15, 0.2) is 18.2 Å². The second kappa shape index (κ2) is 6.00. The van der Waals surface area contributed by atoms with Crippen molar-refractivity contribution >= 4 is 17.3 Å². The van der Waals surface area contributed by atoms with Crippen molar-refractivity contribution in [2.24, 2.45) is 0 Å². The summed E-state index contributed by atoms with van der Waals surface area (Å²) in [7, 11) is 0. The molecule has 0 unspecified atom stereocenters. The number of aryl methyl sites for hydroxylation is 1. The predicted octanol–water partition coefficient (Wildman–Crippen LogP) is 1.52. The molecule has 0 fully saturated rings. The molecule has 0 atom stereocenters. The van der Waals surface area contributed by atoms with Crippen LogP contribution in [0.5, 0.6) is 0 Å². The standard InChI is InChI=1S/C12H19N3O/c1-3-6-14-12(16)8-15-11-5-4-9(2)7-10(11)13/h4-5,7,15H,3,6,8,13H2,1-2H3,(H,14,16). The molecule has 0 aliphatic carbocycles. The van der Waals surface area contributed by atoms with Gasteiger partial charge in [0.1, 0.15) is 0 Å². The van der Waals surface area contributed by atoms with E-state index in [0.717, 1.165) is 17.7 Å². The Morgan fingerprint density at radius 1 is 1.44 bits per heavy atom. The third-order valence-corrected chi connectivity index (χ3v) is 2.22. The summed E-state index contributed by atoms with van der Waals surface area (Å²) >= 11 is 0. The first-order valence-electron chi connectivity index (χ1n) is 5.50. The van der Waals surface area contributed by atoms with Gasteiger partial charge in [0.05, 0.1) is 17.9 Å². The maximum Gasteiger partial charge on any atom is 0.239 e. The number of hydrogen-bond donors (Lipinski definition) is 3. The van der Waals surface area contributed by atoms with Crippen molar-refractivity contribution < 1.29 is 4.79 Å². The van der Waals surface area contributed by atoms with Gasteiger partial charge in [0.15, 0.2) is 0 Å². The number of nitrogens with two attached hydrogens (primary N) is 1. The van der Waals surface area contributed by atoms with Crippen molar-refractivity contribution in [2.75, 3.05) is 24.1 Å². The Bertz CT molecular complexity index is 363. The first-order chi connectivity index (χ1) is 7.63. The summed E-state index contributed by atoms with van der Waals surface area (Å²) in [5.74, 6) is -0.0122. The SMILES string of the molecule is CCCNC(=O)CNc1ccc(C)cc1N. The van der Waals surface area contributed by atoms with Gasteiger partial charge in [-0.25, -0.2) is 0 Å². The molecule has 88 valence electrons. The molecule has 1 amide bonds. The lowest BCUT2D eigenvalue weighted by molar-refractivity contribution is -0.119. The lowest BCUT2D eigenvalue weighted by atomic mass is 10.2. The highest BCUT2D eigenvalue weighted by molar-refractivity contribution is 5.82. The van der Waals surface area contributed by atoms with E-state index in [4.69, 9.17) is 5.73 Å². The minimum atomic E-state index is -0.0122. The maximum absolute atomic E-state index is 11.3. The molecule has 16 heavy (non-hydrogen) atoms. The van der Waals surface area contributed by atoms with E-state index in [-0.39, 0.29) is 12.5 Å². The van der Waals surface area contributed by atoms with E-state index < -0.39 is 0 Å². The van der Waals surface area contributed by atoms with Gasteiger partial charge >= 0.3 is 0 Å². The number of hydrogen-bond acceptors (Lipinski definition) is 3. The molecule has 1 rings (SSSR count). The number of rotatable bonds is 5. The highest BCUT2D eigenvalue weighted by atomic mass is 16.1. The van der Waals surface area contributed by atoms with E-state index in [9.17, 15) is 4.79 Å². The molecule has 1 aromatic rings. The molecule has 4 heteroatoms. The highest BCUT2D eigenvalue weighted by Gasteiger charge is 2.02. The van der Waals surface area contributed by atoms with Crippen molar-refractivity contribution in [3.63, 3.8) is 0 Å². The number of amides is 1. The minimum Gasteiger partial charge on any atom is -0.397 e. The highest BCUT2D eigenvalue weighted by Crippen LogP contribution is 2.18. The fraction of sp³-hybridized carbons (Fsp3) is 0.417. The van der Waals surface area contributed by atoms with E-state index in [2.05, 4.69) is 10.6 Å². The third-order valence-electron chi connectivity index (χ3n) is 2.22. The van der Waals surface area contributed by atoms with E-state index in [0.29, 0.717) is 12.2 Å². The van der Waals surface area contributed by atoms with Crippen LogP contribution in [0.3, 0.4) is 0 Å². The van der Waals surface area contributed by atoms with Crippen LogP contribution in [0.25, 0.3) is 0 Å². The summed E-state index contributed by atoms with van der Waals surface area (Å²) in [4.78, 5) is 11.3. The number of carbonyl (C=O) groups excluding carboxylic acids is 1. The quantitative estimate of drug-likeness (QED) is 0.660. The first kappa shape index (κ1) is 12.4. The van der Waals surface area contributed by atoms with E-state index >= 15 is 0 Å². The molecular weight excluding hydrogens is 202 g/mol. The van der Waals surface area contributed by atoms with Crippen molar-refractivity contribution in [3.8, 4) is 0 Å². The Morgan fingerprint density at radius 2 is 2.19 bits per heavy atom. The third kappa shape index (κ3) is 3.81. The van der Waals surface area contributed by atoms with Gasteiger partial charge in [0, 0.05) is 6.54 Å². The lowest BCUT2D eigenvalue weighted by Crippen LogP contribution is -2.30. The molecule has 0 aromatic heterocycles. The van der Waals surface area contributed by atoms with Crippen LogP contribution in [0.1, 0.15) is 18.9 Å². The van der Waals surface area contributed by atoms with Crippen LogP contribution < -0.4 is 16.4 Å². The van der Waals surface area contributed by atoms with Crippen molar-refractivity contribution in [2.45, 2.75) is 20.3 Å². The molecule has 0 saturated carbocycles. The molecule has 4 N–H and O–H groups in total. The topological polar surface area (TPSA) is 67.2 Å². The number of anilines is 2.